The summed E-state index contributed by atoms with van der Waals surface area (Å²) in [6.07, 6.45) is -1.51. The Morgan fingerprint density at radius 2 is 1.79 bits per heavy atom. The molecule has 2 aromatic carbocycles. The molecule has 0 amide bonds. The van der Waals surface area contributed by atoms with Gasteiger partial charge in [0.15, 0.2) is 5.60 Å². The third kappa shape index (κ3) is 4.76. The van der Waals surface area contributed by atoms with E-state index in [2.05, 4.69) is 4.98 Å². The summed E-state index contributed by atoms with van der Waals surface area (Å²) in [5, 5.41) is 11.0. The highest BCUT2D eigenvalue weighted by Crippen LogP contribution is 2.42. The van der Waals surface area contributed by atoms with Gasteiger partial charge in [-0.15, -0.1) is 35.5 Å². The molecule has 3 N–H and O–H groups in total. The van der Waals surface area contributed by atoms with Crippen molar-refractivity contribution in [3.8, 4) is 11.3 Å². The minimum Gasteiger partial charge on any atom is -0.376 e. The molecule has 0 bridgehead atoms. The van der Waals surface area contributed by atoms with Crippen LogP contribution in [-0.4, -0.2) is 22.5 Å². The fraction of sp³-hybridized carbons (Fsp3) is 0.208. The van der Waals surface area contributed by atoms with E-state index in [1.165, 1.54) is 29.7 Å². The summed E-state index contributed by atoms with van der Waals surface area (Å²) in [6.45, 7) is 0.748. The lowest BCUT2D eigenvalue weighted by molar-refractivity contribution is -0.258. The van der Waals surface area contributed by atoms with Crippen LogP contribution in [0.2, 0.25) is 0 Å². The Balaban J connectivity index is 0.00000306. The Morgan fingerprint density at radius 3 is 2.48 bits per heavy atom. The summed E-state index contributed by atoms with van der Waals surface area (Å²) in [5.41, 5.74) is 5.46. The molecule has 3 nitrogen and oxygen atoms in total. The highest BCUT2D eigenvalue weighted by molar-refractivity contribution is 7.98. The van der Waals surface area contributed by atoms with Gasteiger partial charge in [0, 0.05) is 26.2 Å². The number of pyridine rings is 1. The van der Waals surface area contributed by atoms with Gasteiger partial charge in [-0.25, -0.2) is 0 Å². The molecular weight excluding hydrogens is 489 g/mol. The van der Waals surface area contributed by atoms with Gasteiger partial charge in [-0.2, -0.15) is 13.2 Å². The molecule has 0 radical (unpaired) electrons. The molecule has 0 saturated carbocycles. The van der Waals surface area contributed by atoms with E-state index in [-0.39, 0.29) is 24.0 Å². The van der Waals surface area contributed by atoms with Crippen LogP contribution in [0.15, 0.2) is 71.8 Å². The smallest absolute Gasteiger partial charge is 0.376 e. The van der Waals surface area contributed by atoms with Gasteiger partial charge in [0.2, 0.25) is 0 Å². The molecule has 2 atom stereocenters. The number of thiophene rings is 1. The van der Waals surface area contributed by atoms with Crippen molar-refractivity contribution in [1.82, 2.24) is 4.98 Å². The first kappa shape index (κ1) is 25.5. The maximum absolute atomic E-state index is 13.3. The highest BCUT2D eigenvalue weighted by Gasteiger charge is 2.51. The second kappa shape index (κ2) is 9.64. The molecule has 2 aromatic heterocycles. The van der Waals surface area contributed by atoms with E-state index in [1.54, 1.807) is 11.8 Å². The molecular formula is C24H22ClF3N2OS2. The second-order valence-corrected chi connectivity index (χ2v) is 9.52. The molecule has 0 aliphatic rings. The third-order valence-corrected chi connectivity index (χ3v) is 7.57. The Labute approximate surface area is 204 Å². The summed E-state index contributed by atoms with van der Waals surface area (Å²) in [5.74, 6) is 0. The highest BCUT2D eigenvalue weighted by atomic mass is 35.5. The third-order valence-electron chi connectivity index (χ3n) is 5.49. The van der Waals surface area contributed by atoms with Crippen LogP contribution < -0.4 is 5.73 Å². The van der Waals surface area contributed by atoms with Gasteiger partial charge in [-0.3, -0.25) is 4.98 Å². The molecule has 2 unspecified atom stereocenters. The first-order valence-electron chi connectivity index (χ1n) is 9.80. The number of aliphatic hydroxyl groups is 1. The number of aromatic nitrogens is 1. The first-order valence-corrected chi connectivity index (χ1v) is 11.8. The molecule has 4 aromatic rings. The van der Waals surface area contributed by atoms with Crippen molar-refractivity contribution in [3.63, 3.8) is 0 Å². The lowest BCUT2D eigenvalue weighted by Gasteiger charge is -2.26. The zero-order valence-electron chi connectivity index (χ0n) is 17.8. The van der Waals surface area contributed by atoms with Crippen molar-refractivity contribution >= 4 is 45.6 Å². The van der Waals surface area contributed by atoms with E-state index in [0.717, 1.165) is 32.3 Å². The molecule has 0 aliphatic heterocycles. The lowest BCUT2D eigenvalue weighted by Crippen LogP contribution is -2.39. The molecule has 33 heavy (non-hydrogen) atoms. The van der Waals surface area contributed by atoms with E-state index in [0.29, 0.717) is 11.3 Å². The van der Waals surface area contributed by atoms with Crippen molar-refractivity contribution in [2.24, 2.45) is 5.73 Å². The number of alkyl halides is 3. The van der Waals surface area contributed by atoms with Crippen molar-refractivity contribution in [3.05, 3.63) is 82.9 Å². The summed E-state index contributed by atoms with van der Waals surface area (Å²) in [6, 6.07) is 17.7. The predicted octanol–water partition coefficient (Wildman–Crippen LogP) is 6.92. The van der Waals surface area contributed by atoms with Gasteiger partial charge in [-0.05, 0) is 54.0 Å². The van der Waals surface area contributed by atoms with Crippen molar-refractivity contribution in [1.29, 1.82) is 0 Å². The zero-order chi connectivity index (χ0) is 23.1. The number of thioether (sulfide) groups is 1. The number of nitrogens with zero attached hydrogens (tertiary/aromatic N) is 1. The standard InChI is InChI=1S/C24H21F3N2OS2.ClH/c1-23(30,24(25,26)27)15-10-11-29-18(13-15)16-8-5-6-14-12-20(32-22(14)16)21(28)17-7-3-4-9-19(17)31-2;/h3-13,21,30H,28H2,1-2H3;1H. The Morgan fingerprint density at radius 1 is 1.06 bits per heavy atom. The molecule has 0 fully saturated rings. The average Bonchev–Trinajstić information content (AvgIpc) is 3.22. The number of benzene rings is 2. The normalized spacial score (nSPS) is 14.5. The topological polar surface area (TPSA) is 59.1 Å². The molecule has 0 saturated heterocycles. The number of hydrogen-bond donors (Lipinski definition) is 2. The molecule has 4 rings (SSSR count). The van der Waals surface area contributed by atoms with E-state index in [9.17, 15) is 18.3 Å². The van der Waals surface area contributed by atoms with E-state index in [4.69, 9.17) is 5.73 Å². The summed E-state index contributed by atoms with van der Waals surface area (Å²) < 4.78 is 40.9. The number of hydrogen-bond acceptors (Lipinski definition) is 5. The minimum atomic E-state index is -4.80. The van der Waals surface area contributed by atoms with Gasteiger partial charge in [0.25, 0.3) is 0 Å². The monoisotopic (exact) mass is 510 g/mol. The average molecular weight is 511 g/mol. The maximum atomic E-state index is 13.3. The fourth-order valence-corrected chi connectivity index (χ4v) is 5.41. The van der Waals surface area contributed by atoms with Crippen LogP contribution in [0.25, 0.3) is 21.3 Å². The quantitative estimate of drug-likeness (QED) is 0.286. The van der Waals surface area contributed by atoms with Gasteiger partial charge in [0.1, 0.15) is 0 Å². The van der Waals surface area contributed by atoms with Gasteiger partial charge in [-0.1, -0.05) is 36.4 Å². The number of nitrogens with two attached hydrogens (primary N) is 1. The number of halogens is 4. The minimum absolute atomic E-state index is 0. The lowest BCUT2D eigenvalue weighted by atomic mass is 9.94. The van der Waals surface area contributed by atoms with E-state index >= 15 is 0 Å². The summed E-state index contributed by atoms with van der Waals surface area (Å²) in [4.78, 5) is 6.34. The second-order valence-electron chi connectivity index (χ2n) is 7.59. The molecule has 174 valence electrons. The van der Waals surface area contributed by atoms with Crippen molar-refractivity contribution in [2.45, 2.75) is 29.6 Å². The van der Waals surface area contributed by atoms with Gasteiger partial charge < -0.3 is 10.8 Å². The predicted molar refractivity (Wildman–Crippen MR) is 132 cm³/mol. The largest absolute Gasteiger partial charge is 0.421 e. The molecule has 0 spiro atoms. The SMILES string of the molecule is CSc1ccccc1C(N)c1cc2cccc(-c3cc(C(C)(O)C(F)(F)F)ccn3)c2s1.Cl. The molecule has 2 heterocycles. The Kier molecular flexibility index (Phi) is 7.45. The van der Waals surface area contributed by atoms with E-state index in [1.807, 2.05) is 54.8 Å². The van der Waals surface area contributed by atoms with Crippen LogP contribution in [-0.2, 0) is 5.60 Å². The van der Waals surface area contributed by atoms with Gasteiger partial charge >= 0.3 is 6.18 Å². The fourth-order valence-electron chi connectivity index (χ4n) is 3.56. The number of fused-ring (bicyclic) bond motifs is 1. The van der Waals surface area contributed by atoms with Crippen LogP contribution in [0.5, 0.6) is 0 Å². The van der Waals surface area contributed by atoms with Crippen LogP contribution in [0.4, 0.5) is 13.2 Å². The first-order chi connectivity index (χ1) is 15.1. The van der Waals surface area contributed by atoms with Crippen LogP contribution >= 0.6 is 35.5 Å². The van der Waals surface area contributed by atoms with Crippen molar-refractivity contribution < 1.29 is 18.3 Å². The molecule has 9 heteroatoms. The maximum Gasteiger partial charge on any atom is 0.421 e. The van der Waals surface area contributed by atoms with Crippen LogP contribution in [0.1, 0.15) is 29.0 Å². The van der Waals surface area contributed by atoms with Crippen LogP contribution in [0, 0.1) is 0 Å². The van der Waals surface area contributed by atoms with E-state index < -0.39 is 11.8 Å². The Bertz CT molecular complexity index is 1270. The number of rotatable bonds is 5. The zero-order valence-corrected chi connectivity index (χ0v) is 20.2. The van der Waals surface area contributed by atoms with Crippen LogP contribution in [0.3, 0.4) is 0 Å². The summed E-state index contributed by atoms with van der Waals surface area (Å²) in [7, 11) is 0. The Hall–Kier alpha value is -2.10. The van der Waals surface area contributed by atoms with Gasteiger partial charge in [0.05, 0.1) is 11.7 Å². The summed E-state index contributed by atoms with van der Waals surface area (Å²) >= 11 is 3.13. The molecule has 0 aliphatic carbocycles. The van der Waals surface area contributed by atoms with Crippen molar-refractivity contribution in [2.75, 3.05) is 6.26 Å².